The number of nitrogens with zero attached hydrogens (tertiary/aromatic N) is 1. The fourth-order valence-corrected chi connectivity index (χ4v) is 1.63. The Hall–Kier alpha value is -1.68. The molecule has 0 saturated carbocycles. The van der Waals surface area contributed by atoms with Crippen LogP contribution < -0.4 is 4.74 Å². The van der Waals surface area contributed by atoms with Crippen molar-refractivity contribution in [2.24, 2.45) is 0 Å². The number of benzene rings is 1. The van der Waals surface area contributed by atoms with Crippen molar-refractivity contribution in [2.45, 2.75) is 0 Å². The zero-order valence-electron chi connectivity index (χ0n) is 8.88. The number of hydrogen-bond donors (Lipinski definition) is 0. The van der Waals surface area contributed by atoms with Crippen molar-refractivity contribution in [3.63, 3.8) is 0 Å². The first-order valence-corrected chi connectivity index (χ1v) is 5.14. The molecule has 0 aliphatic heterocycles. The highest BCUT2D eigenvalue weighted by molar-refractivity contribution is 6.33. The normalized spacial score (nSPS) is 10.4. The van der Waals surface area contributed by atoms with Gasteiger partial charge in [0.1, 0.15) is 17.3 Å². The van der Waals surface area contributed by atoms with Gasteiger partial charge in [0.2, 0.25) is 0 Å². The SMILES string of the molecule is COc1ccc(Cl)c(-c2ncc(F)cc2F)c1. The van der Waals surface area contributed by atoms with Gasteiger partial charge in [0.25, 0.3) is 0 Å². The predicted octanol–water partition coefficient (Wildman–Crippen LogP) is 3.69. The van der Waals surface area contributed by atoms with E-state index in [1.165, 1.54) is 7.11 Å². The maximum Gasteiger partial charge on any atom is 0.152 e. The van der Waals surface area contributed by atoms with Gasteiger partial charge in [-0.3, -0.25) is 4.98 Å². The van der Waals surface area contributed by atoms with Crippen LogP contribution in [0.25, 0.3) is 11.3 Å². The van der Waals surface area contributed by atoms with Crippen molar-refractivity contribution < 1.29 is 13.5 Å². The molecule has 0 saturated heterocycles. The summed E-state index contributed by atoms with van der Waals surface area (Å²) in [5.74, 6) is -0.972. The van der Waals surface area contributed by atoms with Crippen molar-refractivity contribution in [3.8, 4) is 17.0 Å². The molecule has 1 aromatic heterocycles. The standard InChI is InChI=1S/C12H8ClF2NO/c1-17-8-2-3-10(13)9(5-8)12-11(15)4-7(14)6-16-12/h2-6H,1H3. The van der Waals surface area contributed by atoms with Crippen LogP contribution >= 0.6 is 11.6 Å². The van der Waals surface area contributed by atoms with Gasteiger partial charge in [-0.25, -0.2) is 8.78 Å². The molecule has 0 aliphatic carbocycles. The molecule has 17 heavy (non-hydrogen) atoms. The molecule has 88 valence electrons. The minimum atomic E-state index is -0.764. The molecule has 2 aromatic rings. The van der Waals surface area contributed by atoms with Crippen LogP contribution in [0.5, 0.6) is 5.75 Å². The summed E-state index contributed by atoms with van der Waals surface area (Å²) in [6.45, 7) is 0. The quantitative estimate of drug-likeness (QED) is 0.817. The van der Waals surface area contributed by atoms with Crippen LogP contribution in [0, 0.1) is 11.6 Å². The first-order chi connectivity index (χ1) is 8.11. The number of hydrogen-bond acceptors (Lipinski definition) is 2. The fraction of sp³-hybridized carbons (Fsp3) is 0.0833. The third kappa shape index (κ3) is 2.36. The minimum absolute atomic E-state index is 0.00435. The van der Waals surface area contributed by atoms with Crippen molar-refractivity contribution >= 4 is 11.6 Å². The van der Waals surface area contributed by atoms with E-state index in [-0.39, 0.29) is 5.69 Å². The van der Waals surface area contributed by atoms with E-state index in [2.05, 4.69) is 4.98 Å². The van der Waals surface area contributed by atoms with Crippen LogP contribution in [-0.4, -0.2) is 12.1 Å². The third-order valence-electron chi connectivity index (χ3n) is 2.24. The monoisotopic (exact) mass is 255 g/mol. The molecule has 0 N–H and O–H groups in total. The van der Waals surface area contributed by atoms with Gasteiger partial charge in [-0.15, -0.1) is 0 Å². The Bertz CT molecular complexity index is 560. The summed E-state index contributed by atoms with van der Waals surface area (Å²) in [5, 5.41) is 0.323. The number of pyridine rings is 1. The minimum Gasteiger partial charge on any atom is -0.497 e. The summed E-state index contributed by atoms with van der Waals surface area (Å²) in [4.78, 5) is 3.69. The van der Waals surface area contributed by atoms with E-state index in [1.54, 1.807) is 18.2 Å². The van der Waals surface area contributed by atoms with Crippen molar-refractivity contribution in [1.29, 1.82) is 0 Å². The second-order valence-corrected chi connectivity index (χ2v) is 3.74. The molecule has 0 fully saturated rings. The van der Waals surface area contributed by atoms with Crippen molar-refractivity contribution in [2.75, 3.05) is 7.11 Å². The molecule has 0 unspecified atom stereocenters. The molecule has 0 bridgehead atoms. The first kappa shape index (κ1) is 11.8. The van der Waals surface area contributed by atoms with Crippen LogP contribution in [0.15, 0.2) is 30.5 Å². The highest BCUT2D eigenvalue weighted by atomic mass is 35.5. The lowest BCUT2D eigenvalue weighted by molar-refractivity contribution is 0.415. The van der Waals surface area contributed by atoms with E-state index < -0.39 is 11.6 Å². The van der Waals surface area contributed by atoms with E-state index in [1.807, 2.05) is 0 Å². The van der Waals surface area contributed by atoms with Crippen molar-refractivity contribution in [3.05, 3.63) is 47.1 Å². The molecule has 2 nitrogen and oxygen atoms in total. The zero-order chi connectivity index (χ0) is 12.4. The molecule has 0 aliphatic rings. The van der Waals surface area contributed by atoms with Gasteiger partial charge in [-0.1, -0.05) is 11.6 Å². The maximum atomic E-state index is 13.5. The van der Waals surface area contributed by atoms with Gasteiger partial charge < -0.3 is 4.74 Å². The molecule has 0 radical (unpaired) electrons. The Kier molecular flexibility index (Phi) is 3.24. The Morgan fingerprint density at radius 2 is 2.00 bits per heavy atom. The highest BCUT2D eigenvalue weighted by Crippen LogP contribution is 2.31. The summed E-state index contributed by atoms with van der Waals surface area (Å²) in [6.07, 6.45) is 0.939. The first-order valence-electron chi connectivity index (χ1n) is 4.77. The van der Waals surface area contributed by atoms with Gasteiger partial charge in [-0.05, 0) is 18.2 Å². The van der Waals surface area contributed by atoms with Gasteiger partial charge in [0.05, 0.1) is 18.3 Å². The largest absolute Gasteiger partial charge is 0.497 e. The molecule has 0 amide bonds. The molecule has 1 heterocycles. The van der Waals surface area contributed by atoms with Gasteiger partial charge in [0.15, 0.2) is 5.82 Å². The van der Waals surface area contributed by atoms with E-state index in [0.717, 1.165) is 12.3 Å². The molecule has 1 aromatic carbocycles. The van der Waals surface area contributed by atoms with Crippen LogP contribution in [0.3, 0.4) is 0 Å². The third-order valence-corrected chi connectivity index (χ3v) is 2.57. The summed E-state index contributed by atoms with van der Waals surface area (Å²) in [5.41, 5.74) is 0.360. The van der Waals surface area contributed by atoms with E-state index in [0.29, 0.717) is 16.3 Å². The van der Waals surface area contributed by atoms with E-state index in [9.17, 15) is 8.78 Å². The van der Waals surface area contributed by atoms with Gasteiger partial charge >= 0.3 is 0 Å². The van der Waals surface area contributed by atoms with E-state index >= 15 is 0 Å². The lowest BCUT2D eigenvalue weighted by Crippen LogP contribution is -1.93. The molecule has 0 spiro atoms. The number of halogens is 3. The lowest BCUT2D eigenvalue weighted by Gasteiger charge is -2.07. The molecular weight excluding hydrogens is 248 g/mol. The van der Waals surface area contributed by atoms with Crippen LogP contribution in [0.2, 0.25) is 5.02 Å². The molecule has 5 heteroatoms. The topological polar surface area (TPSA) is 22.1 Å². The summed E-state index contributed by atoms with van der Waals surface area (Å²) < 4.78 is 31.3. The van der Waals surface area contributed by atoms with Crippen molar-refractivity contribution in [1.82, 2.24) is 4.98 Å². The Labute approximate surface area is 102 Å². The number of ether oxygens (including phenoxy) is 1. The predicted molar refractivity (Wildman–Crippen MR) is 61.2 cm³/mol. The number of aromatic nitrogens is 1. The highest BCUT2D eigenvalue weighted by Gasteiger charge is 2.12. The average Bonchev–Trinajstić information content (AvgIpc) is 2.30. The zero-order valence-corrected chi connectivity index (χ0v) is 9.63. The number of rotatable bonds is 2. The van der Waals surface area contributed by atoms with E-state index in [4.69, 9.17) is 16.3 Å². The smallest absolute Gasteiger partial charge is 0.152 e. The molecule has 2 rings (SSSR count). The van der Waals surface area contributed by atoms with Gasteiger partial charge in [-0.2, -0.15) is 0 Å². The second kappa shape index (κ2) is 4.67. The maximum absolute atomic E-state index is 13.5. The Balaban J connectivity index is 2.59. The summed E-state index contributed by atoms with van der Waals surface area (Å²) >= 11 is 5.94. The molecule has 0 atom stereocenters. The van der Waals surface area contributed by atoms with Crippen LogP contribution in [0.1, 0.15) is 0 Å². The average molecular weight is 256 g/mol. The molecular formula is C12H8ClF2NO. The lowest BCUT2D eigenvalue weighted by atomic mass is 10.1. The van der Waals surface area contributed by atoms with Gasteiger partial charge in [0, 0.05) is 11.6 Å². The summed E-state index contributed by atoms with van der Waals surface area (Å²) in [7, 11) is 1.49. The number of methoxy groups -OCH3 is 1. The summed E-state index contributed by atoms with van der Waals surface area (Å²) in [6, 6.07) is 5.53. The fourth-order valence-electron chi connectivity index (χ4n) is 1.43. The Morgan fingerprint density at radius 3 is 2.65 bits per heavy atom. The van der Waals surface area contributed by atoms with Crippen LogP contribution in [0.4, 0.5) is 8.78 Å². The Morgan fingerprint density at radius 1 is 1.24 bits per heavy atom. The van der Waals surface area contributed by atoms with Crippen LogP contribution in [-0.2, 0) is 0 Å². The second-order valence-electron chi connectivity index (χ2n) is 3.33.